The average molecular weight is 976 g/mol. The van der Waals surface area contributed by atoms with Crippen LogP contribution in [0, 0.1) is 23.7 Å². The van der Waals surface area contributed by atoms with Crippen molar-refractivity contribution in [2.45, 2.75) is 160 Å². The molecule has 1 aromatic rings. The van der Waals surface area contributed by atoms with Crippen molar-refractivity contribution in [3.05, 3.63) is 35.9 Å². The first-order chi connectivity index (χ1) is 31.0. The van der Waals surface area contributed by atoms with Crippen LogP contribution in [0.15, 0.2) is 30.3 Å². The van der Waals surface area contributed by atoms with E-state index in [0.29, 0.717) is 45.2 Å². The molecule has 4 N–H and O–H groups in total. The van der Waals surface area contributed by atoms with Crippen LogP contribution in [0.3, 0.4) is 0 Å². The van der Waals surface area contributed by atoms with E-state index in [-0.39, 0.29) is 71.5 Å². The zero-order valence-electron chi connectivity index (χ0n) is 39.8. The van der Waals surface area contributed by atoms with Crippen LogP contribution in [-0.4, -0.2) is 149 Å². The van der Waals surface area contributed by atoms with Crippen LogP contribution < -0.4 is 16.0 Å². The summed E-state index contributed by atoms with van der Waals surface area (Å²) in [7, 11) is 4.71. The number of hydrogen-bond donors (Lipinski definition) is 4. The number of unbranched alkanes of at least 4 members (excludes halogenated alkanes) is 2. The van der Waals surface area contributed by atoms with E-state index in [1.165, 1.54) is 14.2 Å². The monoisotopic (exact) mass is 974 g/mol. The molecule has 3 fully saturated rings. The summed E-state index contributed by atoms with van der Waals surface area (Å²) in [5.74, 6) is -3.79. The molecule has 1 saturated carbocycles. The number of piperidine rings is 1. The Kier molecular flexibility index (Phi) is 21.2. The number of aliphatic carboxylic acids is 1. The number of carboxylic acids is 1. The third-order valence-electron chi connectivity index (χ3n) is 14.0. The minimum atomic E-state index is -1.15. The minimum Gasteiger partial charge on any atom is -0.480 e. The van der Waals surface area contributed by atoms with E-state index in [1.54, 1.807) is 40.8 Å². The predicted molar refractivity (Wildman–Crippen MR) is 250 cm³/mol. The predicted octanol–water partition coefficient (Wildman–Crippen LogP) is 4.31. The highest BCUT2D eigenvalue weighted by molar-refractivity contribution is 9.09. The number of halogens is 1. The number of methoxy groups -OCH3 is 2. The van der Waals surface area contributed by atoms with Crippen LogP contribution >= 0.6 is 15.9 Å². The number of nitrogens with one attached hydrogen (secondary N) is 3. The minimum absolute atomic E-state index is 0.00363. The van der Waals surface area contributed by atoms with Crippen LogP contribution in [0.25, 0.3) is 0 Å². The number of carbonyl (C=O) groups excluding carboxylic acids is 6. The molecule has 3 aliphatic rings. The second-order valence-electron chi connectivity index (χ2n) is 18.7. The van der Waals surface area contributed by atoms with Crippen molar-refractivity contribution in [2.24, 2.45) is 23.7 Å². The second kappa shape index (κ2) is 25.7. The summed E-state index contributed by atoms with van der Waals surface area (Å²) in [6.45, 7) is 10.4. The summed E-state index contributed by atoms with van der Waals surface area (Å²) in [6.07, 6.45) is 5.50. The van der Waals surface area contributed by atoms with Crippen molar-refractivity contribution in [2.75, 3.05) is 39.7 Å². The fraction of sp³-hybridized carbons (Fsp3) is 0.729. The largest absolute Gasteiger partial charge is 0.480 e. The van der Waals surface area contributed by atoms with Crippen molar-refractivity contribution in [3.63, 3.8) is 0 Å². The Labute approximate surface area is 394 Å². The van der Waals surface area contributed by atoms with Crippen molar-refractivity contribution in [1.82, 2.24) is 30.7 Å². The highest BCUT2D eigenvalue weighted by Gasteiger charge is 2.52. The van der Waals surface area contributed by atoms with Gasteiger partial charge in [0.15, 0.2) is 0 Å². The molecule has 0 spiro atoms. The topological polar surface area (TPSA) is 204 Å². The number of fused-ring (bicyclic) bond motifs is 2. The van der Waals surface area contributed by atoms with Gasteiger partial charge in [-0.25, -0.2) is 4.79 Å². The quantitative estimate of drug-likeness (QED) is 0.0766. The lowest BCUT2D eigenvalue weighted by Crippen LogP contribution is -2.60. The van der Waals surface area contributed by atoms with Gasteiger partial charge in [-0.2, -0.15) is 0 Å². The van der Waals surface area contributed by atoms with Gasteiger partial charge in [-0.05, 0) is 68.3 Å². The Balaban J connectivity index is 1.43. The zero-order chi connectivity index (χ0) is 48.0. The molecule has 6 amide bonds. The molecule has 2 bridgehead atoms. The molecule has 11 atom stereocenters. The molecule has 1 aromatic carbocycles. The number of likely N-dealkylation sites (N-methyl/N-ethyl adjacent to an activating group) is 1. The molecule has 364 valence electrons. The Morgan fingerprint density at radius 3 is 2.25 bits per heavy atom. The number of benzene rings is 1. The summed E-state index contributed by atoms with van der Waals surface area (Å²) in [6, 6.07) is 5.36. The molecular formula is C48H75BrN6O10. The summed E-state index contributed by atoms with van der Waals surface area (Å²) < 4.78 is 12.0. The van der Waals surface area contributed by atoms with E-state index in [9.17, 15) is 38.7 Å². The maximum absolute atomic E-state index is 14.6. The Bertz CT molecular complexity index is 1770. The van der Waals surface area contributed by atoms with Gasteiger partial charge in [0, 0.05) is 53.2 Å². The number of carboxylic acid groups (broad SMARTS) is 1. The number of ether oxygens (including phenoxy) is 2. The van der Waals surface area contributed by atoms with Gasteiger partial charge in [-0.15, -0.1) is 0 Å². The SMILES string of the molecule is CCC(C)C(C(CC(=O)N1CCC[C@H]1C(OC)C(C)C(=O)NC(Cc1ccccc1)C(=O)O)OC)N(C)C(=O)C(NC(=O)[C@@H]1[C@H]2CC[C@H](C2)N1C(=O)CCCCCNC(=O)CBr)C(C)C. The third-order valence-corrected chi connectivity index (χ3v) is 14.5. The standard InChI is InChI=1S/C48H75BrN6O10/c1-9-30(4)42(37(64-7)27-40(58)54-24-16-19-36(54)44(65-8)31(5)45(59)51-35(48(62)63)25-32-17-12-10-13-18-32)53(6)47(61)41(29(2)3)52-46(60)43-33-21-22-34(26-33)55(43)39(57)20-14-11-15-23-50-38(56)28-49/h10,12-13,17-18,29-31,33-37,41-44H,9,11,14-16,19-28H2,1-8H3,(H,50,56)(H,51,59)(H,52,60)(H,62,63)/t30?,31?,33-,34+,35?,36-,37?,41?,42?,43-,44?/m0/s1. The van der Waals surface area contributed by atoms with Crippen molar-refractivity contribution in [1.29, 1.82) is 0 Å². The van der Waals surface area contributed by atoms with E-state index < -0.39 is 60.2 Å². The summed E-state index contributed by atoms with van der Waals surface area (Å²) in [5.41, 5.74) is 0.772. The fourth-order valence-electron chi connectivity index (χ4n) is 10.3. The van der Waals surface area contributed by atoms with Crippen LogP contribution in [0.2, 0.25) is 0 Å². The van der Waals surface area contributed by atoms with Crippen molar-refractivity contribution in [3.8, 4) is 0 Å². The fourth-order valence-corrected chi connectivity index (χ4v) is 10.5. The third kappa shape index (κ3) is 14.0. The van der Waals surface area contributed by atoms with Gasteiger partial charge in [0.2, 0.25) is 35.4 Å². The second-order valence-corrected chi connectivity index (χ2v) is 19.2. The molecule has 2 aliphatic heterocycles. The van der Waals surface area contributed by atoms with Crippen LogP contribution in [-0.2, 0) is 49.5 Å². The lowest BCUT2D eigenvalue weighted by molar-refractivity contribution is -0.149. The molecule has 7 unspecified atom stereocenters. The molecule has 2 saturated heterocycles. The maximum atomic E-state index is 14.6. The van der Waals surface area contributed by atoms with E-state index in [2.05, 4.69) is 31.9 Å². The van der Waals surface area contributed by atoms with Crippen LogP contribution in [0.4, 0.5) is 0 Å². The number of likely N-dealkylation sites (tertiary alicyclic amines) is 2. The number of rotatable bonds is 26. The number of alkyl halides is 1. The van der Waals surface area contributed by atoms with Crippen LogP contribution in [0.1, 0.15) is 111 Å². The lowest BCUT2D eigenvalue weighted by Gasteiger charge is -2.41. The molecule has 4 rings (SSSR count). The van der Waals surface area contributed by atoms with Crippen molar-refractivity contribution < 1.29 is 48.1 Å². The molecule has 65 heavy (non-hydrogen) atoms. The smallest absolute Gasteiger partial charge is 0.326 e. The summed E-state index contributed by atoms with van der Waals surface area (Å²) in [4.78, 5) is 99.2. The van der Waals surface area contributed by atoms with Gasteiger partial charge >= 0.3 is 5.97 Å². The molecule has 2 heterocycles. The van der Waals surface area contributed by atoms with Gasteiger partial charge in [0.1, 0.15) is 18.1 Å². The highest BCUT2D eigenvalue weighted by atomic mass is 79.9. The number of hydrogen-bond acceptors (Lipinski definition) is 9. The molecular weight excluding hydrogens is 900 g/mol. The average Bonchev–Trinajstić information content (AvgIpc) is 4.06. The van der Waals surface area contributed by atoms with Crippen LogP contribution in [0.5, 0.6) is 0 Å². The molecule has 1 aliphatic carbocycles. The molecule has 0 aromatic heterocycles. The highest BCUT2D eigenvalue weighted by Crippen LogP contribution is 2.43. The first kappa shape index (κ1) is 53.5. The summed E-state index contributed by atoms with van der Waals surface area (Å²) >= 11 is 3.14. The maximum Gasteiger partial charge on any atom is 0.326 e. The van der Waals surface area contributed by atoms with E-state index >= 15 is 0 Å². The zero-order valence-corrected chi connectivity index (χ0v) is 41.3. The van der Waals surface area contributed by atoms with Gasteiger partial charge < -0.3 is 45.2 Å². The van der Waals surface area contributed by atoms with Gasteiger partial charge in [-0.3, -0.25) is 28.8 Å². The van der Waals surface area contributed by atoms with Crippen molar-refractivity contribution >= 4 is 57.3 Å². The van der Waals surface area contributed by atoms with E-state index in [1.807, 2.05) is 45.9 Å². The molecule has 17 heteroatoms. The Hall–Kier alpha value is -4.09. The normalized spacial score (nSPS) is 22.4. The van der Waals surface area contributed by atoms with Gasteiger partial charge in [0.05, 0.1) is 42.0 Å². The summed E-state index contributed by atoms with van der Waals surface area (Å²) in [5, 5.41) is 18.8. The number of nitrogens with zero attached hydrogens (tertiary/aromatic N) is 3. The number of carbonyl (C=O) groups is 7. The lowest BCUT2D eigenvalue weighted by atomic mass is 9.89. The van der Waals surface area contributed by atoms with E-state index in [0.717, 1.165) is 37.7 Å². The molecule has 16 nitrogen and oxygen atoms in total. The van der Waals surface area contributed by atoms with Gasteiger partial charge in [0.25, 0.3) is 0 Å². The number of amides is 6. The van der Waals surface area contributed by atoms with Gasteiger partial charge in [-0.1, -0.05) is 93.7 Å². The first-order valence-electron chi connectivity index (χ1n) is 23.6. The Morgan fingerprint density at radius 2 is 1.63 bits per heavy atom. The Morgan fingerprint density at radius 1 is 0.923 bits per heavy atom. The molecule has 0 radical (unpaired) electrons. The first-order valence-corrected chi connectivity index (χ1v) is 24.7. The van der Waals surface area contributed by atoms with E-state index in [4.69, 9.17) is 9.47 Å².